The molecule has 224 valence electrons. The fourth-order valence-electron chi connectivity index (χ4n) is 4.54. The molecule has 2 atom stereocenters. The second-order valence-electron chi connectivity index (χ2n) is 9.24. The SMILES string of the molecule is CCCc1nn(C)c2c(=O)[nH]c(-c3cc(S(=O)(=O)N4C[C@@H](C)N[C@@H](C)C4)ccc3OCC)nc12.N.O=S(=O)([O-])O. The molecule has 0 radical (unpaired) electrons. The number of benzene rings is 1. The number of rotatable bonds is 7. The first-order chi connectivity index (χ1) is 18.1. The van der Waals surface area contributed by atoms with E-state index < -0.39 is 20.4 Å². The van der Waals surface area contributed by atoms with E-state index in [1.165, 1.54) is 15.1 Å². The molecule has 2 aromatic heterocycles. The predicted octanol–water partition coefficient (Wildman–Crippen LogP) is 1.21. The molecule has 1 aliphatic heterocycles. The van der Waals surface area contributed by atoms with E-state index in [4.69, 9.17) is 27.2 Å². The molecule has 0 saturated carbocycles. The molecule has 1 aliphatic rings. The molecule has 1 saturated heterocycles. The minimum atomic E-state index is -4.92. The van der Waals surface area contributed by atoms with Crippen molar-refractivity contribution in [1.82, 2.24) is 35.5 Å². The summed E-state index contributed by atoms with van der Waals surface area (Å²) in [5, 5.41) is 7.81. The van der Waals surface area contributed by atoms with Crippen molar-refractivity contribution in [2.75, 3.05) is 19.7 Å². The van der Waals surface area contributed by atoms with Crippen molar-refractivity contribution in [1.29, 1.82) is 0 Å². The predicted molar refractivity (Wildman–Crippen MR) is 148 cm³/mol. The number of hydrogen-bond acceptors (Lipinski definition) is 11. The van der Waals surface area contributed by atoms with Gasteiger partial charge in [-0.1, -0.05) is 13.3 Å². The normalized spacial score (nSPS) is 18.1. The van der Waals surface area contributed by atoms with Gasteiger partial charge in [0.25, 0.3) is 5.56 Å². The highest BCUT2D eigenvalue weighted by molar-refractivity contribution is 7.89. The zero-order valence-electron chi connectivity index (χ0n) is 23.0. The van der Waals surface area contributed by atoms with E-state index in [0.717, 1.165) is 12.1 Å². The molecule has 0 bridgehead atoms. The van der Waals surface area contributed by atoms with E-state index in [1.54, 1.807) is 19.2 Å². The maximum absolute atomic E-state index is 13.5. The zero-order chi connectivity index (χ0) is 29.1. The maximum Gasteiger partial charge on any atom is 0.277 e. The smallest absolute Gasteiger partial charge is 0.277 e. The van der Waals surface area contributed by atoms with Gasteiger partial charge in [0, 0.05) is 32.2 Å². The molecule has 3 aromatic rings. The summed E-state index contributed by atoms with van der Waals surface area (Å²) in [5.41, 5.74) is 1.72. The largest absolute Gasteiger partial charge is 0.726 e. The average Bonchev–Trinajstić information content (AvgIpc) is 3.13. The minimum absolute atomic E-state index is 0. The summed E-state index contributed by atoms with van der Waals surface area (Å²) in [6.07, 6.45) is 1.54. The van der Waals surface area contributed by atoms with E-state index in [-0.39, 0.29) is 34.5 Å². The van der Waals surface area contributed by atoms with Crippen LogP contribution in [0.2, 0.25) is 0 Å². The van der Waals surface area contributed by atoms with Crippen molar-refractivity contribution >= 4 is 31.5 Å². The van der Waals surface area contributed by atoms with Crippen LogP contribution < -0.4 is 21.8 Å². The van der Waals surface area contributed by atoms with Crippen LogP contribution in [0.15, 0.2) is 27.9 Å². The number of ether oxygens (including phenoxy) is 1. The van der Waals surface area contributed by atoms with E-state index in [1.807, 2.05) is 27.7 Å². The number of nitrogens with one attached hydrogen (secondary N) is 2. The van der Waals surface area contributed by atoms with E-state index in [9.17, 15) is 13.2 Å². The van der Waals surface area contributed by atoms with Gasteiger partial charge in [-0.25, -0.2) is 21.8 Å². The number of aromatic amines is 1. The van der Waals surface area contributed by atoms with Gasteiger partial charge < -0.3 is 25.7 Å². The van der Waals surface area contributed by atoms with Gasteiger partial charge in [-0.3, -0.25) is 14.0 Å². The van der Waals surface area contributed by atoms with Gasteiger partial charge in [0.2, 0.25) is 20.4 Å². The number of fused-ring (bicyclic) bond motifs is 1. The molecule has 1 fully saturated rings. The van der Waals surface area contributed by atoms with Crippen LogP contribution in [0.25, 0.3) is 22.4 Å². The third-order valence-corrected chi connectivity index (χ3v) is 7.74. The van der Waals surface area contributed by atoms with Gasteiger partial charge in [-0.2, -0.15) is 9.40 Å². The first-order valence-electron chi connectivity index (χ1n) is 12.3. The lowest BCUT2D eigenvalue weighted by molar-refractivity contribution is 0.263. The van der Waals surface area contributed by atoms with Gasteiger partial charge in [0.1, 0.15) is 17.1 Å². The average molecular weight is 603 g/mol. The Morgan fingerprint density at radius 2 is 1.75 bits per heavy atom. The monoisotopic (exact) mass is 602 g/mol. The summed E-state index contributed by atoms with van der Waals surface area (Å²) in [7, 11) is -6.96. The molecule has 6 N–H and O–H groups in total. The fourth-order valence-corrected chi connectivity index (χ4v) is 6.18. The zero-order valence-corrected chi connectivity index (χ0v) is 24.7. The van der Waals surface area contributed by atoms with Crippen molar-refractivity contribution in [3.8, 4) is 17.1 Å². The van der Waals surface area contributed by atoms with Gasteiger partial charge in [0.05, 0.1) is 22.8 Å². The molecule has 3 heterocycles. The molecule has 40 heavy (non-hydrogen) atoms. The van der Waals surface area contributed by atoms with Crippen LogP contribution >= 0.6 is 0 Å². The first kappa shape index (κ1) is 33.3. The van der Waals surface area contributed by atoms with E-state index in [0.29, 0.717) is 48.5 Å². The highest BCUT2D eigenvalue weighted by Crippen LogP contribution is 2.32. The summed E-state index contributed by atoms with van der Waals surface area (Å²) in [4.78, 5) is 20.6. The highest BCUT2D eigenvalue weighted by Gasteiger charge is 2.32. The summed E-state index contributed by atoms with van der Waals surface area (Å²) in [5.74, 6) is 0.706. The standard InChI is InChI=1S/C23H32N6O4S.H3N.H2O4S/c1-6-8-18-20-21(28(5)27-18)23(30)26-22(25-20)17-11-16(9-10-19(17)33-7-2)34(31,32)29-12-14(3)24-15(4)13-29;;1-5(2,3)4/h9-11,14-15,24H,6-8,12-13H2,1-5H3,(H,25,26,30);1H3;(H2,1,2,3,4)/p-1/t14-,15+;;. The molecular formula is C23H36N7O8S2-. The van der Waals surface area contributed by atoms with Crippen molar-refractivity contribution in [2.45, 2.75) is 57.5 Å². The van der Waals surface area contributed by atoms with E-state index in [2.05, 4.69) is 15.4 Å². The Balaban J connectivity index is 0.000000858. The Morgan fingerprint density at radius 1 is 1.15 bits per heavy atom. The molecule has 0 unspecified atom stereocenters. The fraction of sp³-hybridized carbons (Fsp3) is 0.522. The Kier molecular flexibility index (Phi) is 10.9. The molecule has 4 rings (SSSR count). The van der Waals surface area contributed by atoms with Crippen LogP contribution in [0.5, 0.6) is 5.75 Å². The van der Waals surface area contributed by atoms with Crippen LogP contribution in [0.3, 0.4) is 0 Å². The molecule has 17 heteroatoms. The van der Waals surface area contributed by atoms with Gasteiger partial charge in [-0.15, -0.1) is 0 Å². The molecule has 0 spiro atoms. The lowest BCUT2D eigenvalue weighted by atomic mass is 10.1. The molecule has 15 nitrogen and oxygen atoms in total. The lowest BCUT2D eigenvalue weighted by Crippen LogP contribution is -2.55. The van der Waals surface area contributed by atoms with Crippen molar-refractivity contribution < 1.29 is 30.7 Å². The van der Waals surface area contributed by atoms with Gasteiger partial charge in [-0.05, 0) is 45.4 Å². The number of hydrogen-bond donors (Lipinski definition) is 4. The number of H-pyrrole nitrogens is 1. The van der Waals surface area contributed by atoms with Crippen molar-refractivity contribution in [3.05, 3.63) is 34.2 Å². The van der Waals surface area contributed by atoms with Crippen LogP contribution in [-0.2, 0) is 33.9 Å². The number of piperazine rings is 1. The maximum atomic E-state index is 13.5. The number of aromatic nitrogens is 4. The Hall–Kier alpha value is -2.93. The summed E-state index contributed by atoms with van der Waals surface area (Å²) < 4.78 is 68.6. The highest BCUT2D eigenvalue weighted by atomic mass is 32.3. The third-order valence-electron chi connectivity index (χ3n) is 5.92. The summed E-state index contributed by atoms with van der Waals surface area (Å²) in [6.45, 7) is 8.96. The Bertz CT molecular complexity index is 1590. The van der Waals surface area contributed by atoms with Crippen LogP contribution in [0.4, 0.5) is 0 Å². The quantitative estimate of drug-likeness (QED) is 0.221. The van der Waals surface area contributed by atoms with Crippen LogP contribution in [-0.4, -0.2) is 81.8 Å². The molecule has 0 amide bonds. The lowest BCUT2D eigenvalue weighted by Gasteiger charge is -2.35. The molecular weight excluding hydrogens is 566 g/mol. The number of aryl methyl sites for hydroxylation is 2. The van der Waals surface area contributed by atoms with Crippen molar-refractivity contribution in [2.24, 2.45) is 7.05 Å². The van der Waals surface area contributed by atoms with Gasteiger partial charge in [0.15, 0.2) is 5.52 Å². The van der Waals surface area contributed by atoms with Crippen molar-refractivity contribution in [3.63, 3.8) is 0 Å². The minimum Gasteiger partial charge on any atom is -0.726 e. The molecule has 0 aliphatic carbocycles. The number of sulfonamides is 1. The Labute approximate surface area is 233 Å². The number of nitrogens with zero attached hydrogens (tertiary/aromatic N) is 4. The molecule has 1 aromatic carbocycles. The van der Waals surface area contributed by atoms with E-state index >= 15 is 0 Å². The first-order valence-corrected chi connectivity index (χ1v) is 15.1. The summed E-state index contributed by atoms with van der Waals surface area (Å²) >= 11 is 0. The van der Waals surface area contributed by atoms with Crippen LogP contribution in [0.1, 0.15) is 39.8 Å². The van der Waals surface area contributed by atoms with Gasteiger partial charge >= 0.3 is 0 Å². The third kappa shape index (κ3) is 7.84. The van der Waals surface area contributed by atoms with Crippen LogP contribution in [0, 0.1) is 0 Å². The topological polar surface area (TPSA) is 235 Å². The second-order valence-corrected chi connectivity index (χ2v) is 12.0. The Morgan fingerprint density at radius 3 is 2.30 bits per heavy atom. The second kappa shape index (κ2) is 13.2. The summed E-state index contributed by atoms with van der Waals surface area (Å²) in [6, 6.07) is 4.80.